The molecule has 9 heteroatoms. The minimum Gasteiger partial charge on any atom is -0.391 e. The first-order valence-electron chi connectivity index (χ1n) is 13.1. The second-order valence-corrected chi connectivity index (χ2v) is 9.40. The zero-order valence-electron chi connectivity index (χ0n) is 22.3. The maximum atomic E-state index is 14.0. The summed E-state index contributed by atoms with van der Waals surface area (Å²) in [6, 6.07) is 25.9. The molecule has 0 radical (unpaired) electrons. The maximum Gasteiger partial charge on any atom is 0.319 e. The number of nitrogens with zero attached hydrogens (tertiary/aromatic N) is 3. The van der Waals surface area contributed by atoms with Crippen molar-refractivity contribution in [3.05, 3.63) is 96.7 Å². The number of aryl methyl sites for hydroxylation is 1. The topological polar surface area (TPSA) is 121 Å². The van der Waals surface area contributed by atoms with Crippen molar-refractivity contribution in [2.24, 2.45) is 7.05 Å². The minimum atomic E-state index is -0.627. The van der Waals surface area contributed by atoms with Gasteiger partial charge in [-0.15, -0.1) is 0 Å². The first-order valence-corrected chi connectivity index (χ1v) is 13.1. The molecule has 1 unspecified atom stereocenters. The van der Waals surface area contributed by atoms with E-state index < -0.39 is 12.1 Å². The molecule has 1 atom stereocenters. The molecule has 0 spiro atoms. The molecule has 9 nitrogen and oxygen atoms in total. The molecule has 2 aromatic heterocycles. The molecule has 40 heavy (non-hydrogen) atoms. The van der Waals surface area contributed by atoms with Gasteiger partial charge in [-0.25, -0.2) is 9.78 Å². The molecule has 5 aromatic rings. The molecule has 0 saturated heterocycles. The first-order chi connectivity index (χ1) is 19.4. The van der Waals surface area contributed by atoms with Crippen LogP contribution in [0.15, 0.2) is 91.1 Å². The van der Waals surface area contributed by atoms with Crippen LogP contribution in [0.25, 0.3) is 33.3 Å². The lowest BCUT2D eigenvalue weighted by Gasteiger charge is -2.18. The van der Waals surface area contributed by atoms with Crippen LogP contribution in [0.5, 0.6) is 0 Å². The summed E-state index contributed by atoms with van der Waals surface area (Å²) in [7, 11) is 1.78. The van der Waals surface area contributed by atoms with Crippen molar-refractivity contribution in [3.8, 4) is 22.4 Å². The molecule has 0 fully saturated rings. The van der Waals surface area contributed by atoms with Crippen molar-refractivity contribution in [2.45, 2.75) is 19.4 Å². The normalized spacial score (nSPS) is 11.7. The Kier molecular flexibility index (Phi) is 7.84. The van der Waals surface area contributed by atoms with Gasteiger partial charge in [0.1, 0.15) is 0 Å². The predicted molar refractivity (Wildman–Crippen MR) is 157 cm³/mol. The Morgan fingerprint density at radius 3 is 2.27 bits per heavy atom. The van der Waals surface area contributed by atoms with E-state index in [0.29, 0.717) is 45.6 Å². The van der Waals surface area contributed by atoms with Gasteiger partial charge in [-0.05, 0) is 30.2 Å². The lowest BCUT2D eigenvalue weighted by molar-refractivity contribution is 0.102. The summed E-state index contributed by atoms with van der Waals surface area (Å²) in [5.41, 5.74) is 4.51. The maximum absolute atomic E-state index is 14.0. The van der Waals surface area contributed by atoms with Gasteiger partial charge >= 0.3 is 6.03 Å². The number of anilines is 2. The number of hydrogen-bond donors (Lipinski definition) is 4. The third-order valence-electron chi connectivity index (χ3n) is 6.50. The van der Waals surface area contributed by atoms with Gasteiger partial charge in [0.25, 0.3) is 5.91 Å². The highest BCUT2D eigenvalue weighted by Crippen LogP contribution is 2.38. The number of pyridine rings is 1. The molecule has 0 saturated carbocycles. The number of amides is 3. The molecule has 4 N–H and O–H groups in total. The average Bonchev–Trinajstić information content (AvgIpc) is 3.39. The Hall–Kier alpha value is -5.02. The summed E-state index contributed by atoms with van der Waals surface area (Å²) in [5, 5.41) is 23.1. The number of fused-ring (bicyclic) bond motifs is 1. The molecule has 0 aliphatic carbocycles. The third-order valence-corrected chi connectivity index (χ3v) is 6.50. The number of hydrogen-bond acceptors (Lipinski definition) is 5. The van der Waals surface area contributed by atoms with Crippen molar-refractivity contribution < 1.29 is 14.7 Å². The van der Waals surface area contributed by atoms with Crippen LogP contribution < -0.4 is 16.0 Å². The third kappa shape index (κ3) is 5.84. The Morgan fingerprint density at radius 1 is 0.925 bits per heavy atom. The van der Waals surface area contributed by atoms with Crippen LogP contribution in [0.4, 0.5) is 16.3 Å². The van der Waals surface area contributed by atoms with Crippen LogP contribution in [0.3, 0.4) is 0 Å². The van der Waals surface area contributed by atoms with E-state index in [-0.39, 0.29) is 12.5 Å². The summed E-state index contributed by atoms with van der Waals surface area (Å²) in [6.45, 7) is 1.97. The van der Waals surface area contributed by atoms with Crippen molar-refractivity contribution in [2.75, 3.05) is 17.2 Å². The van der Waals surface area contributed by atoms with Gasteiger partial charge in [0.2, 0.25) is 0 Å². The van der Waals surface area contributed by atoms with Crippen LogP contribution in [-0.4, -0.2) is 44.5 Å². The molecule has 3 amide bonds. The number of aliphatic hydroxyl groups is 1. The first kappa shape index (κ1) is 26.6. The molecule has 3 aromatic carbocycles. The van der Waals surface area contributed by atoms with E-state index in [4.69, 9.17) is 4.98 Å². The van der Waals surface area contributed by atoms with Crippen LogP contribution >= 0.6 is 0 Å². The summed E-state index contributed by atoms with van der Waals surface area (Å²) in [6.07, 6.45) is 1.66. The van der Waals surface area contributed by atoms with Gasteiger partial charge in [-0.2, -0.15) is 5.10 Å². The Balaban J connectivity index is 1.69. The lowest BCUT2D eigenvalue weighted by Crippen LogP contribution is -2.34. The summed E-state index contributed by atoms with van der Waals surface area (Å²) in [4.78, 5) is 31.6. The fraction of sp³-hybridized carbons (Fsp3) is 0.161. The number of carbonyl (C=O) groups is 2. The standard InChI is InChI=1S/C31H30N6O3/c1-3-23(38)19-32-31(40)33-22-14-15-25-24(18-22)28(30(39)35-26-16-17-37(2)36-26)27(20-10-6-4-7-11-20)29(34-25)21-12-8-5-9-13-21/h4-18,23,38H,3,19H2,1-2H3,(H2,32,33,40)(H,35,36,39). The number of urea groups is 1. The van der Waals surface area contributed by atoms with Crippen LogP contribution in [0, 0.1) is 0 Å². The van der Waals surface area contributed by atoms with Gasteiger partial charge in [-0.1, -0.05) is 67.6 Å². The van der Waals surface area contributed by atoms with Gasteiger partial charge in [0.15, 0.2) is 5.82 Å². The van der Waals surface area contributed by atoms with Gasteiger partial charge in [0, 0.05) is 48.1 Å². The number of aromatic nitrogens is 3. The van der Waals surface area contributed by atoms with Crippen molar-refractivity contribution in [3.63, 3.8) is 0 Å². The fourth-order valence-electron chi connectivity index (χ4n) is 4.46. The quantitative estimate of drug-likeness (QED) is 0.211. The molecular weight excluding hydrogens is 504 g/mol. The zero-order chi connectivity index (χ0) is 28.1. The molecule has 5 rings (SSSR count). The van der Waals surface area contributed by atoms with E-state index in [1.54, 1.807) is 42.2 Å². The highest BCUT2D eigenvalue weighted by molar-refractivity contribution is 6.19. The predicted octanol–water partition coefficient (Wildman–Crippen LogP) is 5.45. The van der Waals surface area contributed by atoms with Crippen molar-refractivity contribution in [1.82, 2.24) is 20.1 Å². The van der Waals surface area contributed by atoms with E-state index in [1.807, 2.05) is 67.6 Å². The Bertz CT molecular complexity index is 1650. The van der Waals surface area contributed by atoms with E-state index in [1.165, 1.54) is 0 Å². The SMILES string of the molecule is CCC(O)CNC(=O)Nc1ccc2nc(-c3ccccc3)c(-c3ccccc3)c(C(=O)Nc3ccn(C)n3)c2c1. The molecule has 202 valence electrons. The molecule has 0 aliphatic heterocycles. The van der Waals surface area contributed by atoms with Gasteiger partial charge in [-0.3, -0.25) is 9.48 Å². The van der Waals surface area contributed by atoms with E-state index >= 15 is 0 Å². The van der Waals surface area contributed by atoms with Crippen molar-refractivity contribution >= 4 is 34.3 Å². The largest absolute Gasteiger partial charge is 0.391 e. The molecule has 0 aliphatic rings. The fourth-order valence-corrected chi connectivity index (χ4v) is 4.46. The molecular formula is C31H30N6O3. The summed E-state index contributed by atoms with van der Waals surface area (Å²) < 4.78 is 1.61. The van der Waals surface area contributed by atoms with Crippen LogP contribution in [0.1, 0.15) is 23.7 Å². The number of rotatable bonds is 8. The van der Waals surface area contributed by atoms with E-state index in [0.717, 1.165) is 11.1 Å². The number of nitrogens with one attached hydrogen (secondary N) is 3. The van der Waals surface area contributed by atoms with E-state index in [9.17, 15) is 14.7 Å². The van der Waals surface area contributed by atoms with Crippen molar-refractivity contribution in [1.29, 1.82) is 0 Å². The number of benzene rings is 3. The van der Waals surface area contributed by atoms with Crippen LogP contribution in [-0.2, 0) is 7.05 Å². The van der Waals surface area contributed by atoms with Gasteiger partial charge in [0.05, 0.1) is 22.9 Å². The minimum absolute atomic E-state index is 0.133. The summed E-state index contributed by atoms with van der Waals surface area (Å²) >= 11 is 0. The highest BCUT2D eigenvalue weighted by atomic mass is 16.3. The van der Waals surface area contributed by atoms with Crippen LogP contribution in [0.2, 0.25) is 0 Å². The zero-order valence-corrected chi connectivity index (χ0v) is 22.3. The van der Waals surface area contributed by atoms with E-state index in [2.05, 4.69) is 21.0 Å². The second-order valence-electron chi connectivity index (χ2n) is 9.40. The monoisotopic (exact) mass is 534 g/mol. The molecule has 0 bridgehead atoms. The molecule has 2 heterocycles. The smallest absolute Gasteiger partial charge is 0.319 e. The summed E-state index contributed by atoms with van der Waals surface area (Å²) in [5.74, 6) is 0.0654. The average molecular weight is 535 g/mol. The van der Waals surface area contributed by atoms with Gasteiger partial charge < -0.3 is 21.1 Å². The second kappa shape index (κ2) is 11.8. The number of carbonyl (C=O) groups excluding carboxylic acids is 2. The lowest BCUT2D eigenvalue weighted by atomic mass is 9.91. The Morgan fingerprint density at radius 2 is 1.62 bits per heavy atom. The highest BCUT2D eigenvalue weighted by Gasteiger charge is 2.24. The number of aliphatic hydroxyl groups excluding tert-OH is 1. The Labute approximate surface area is 231 Å².